The van der Waals surface area contributed by atoms with Gasteiger partial charge in [-0.2, -0.15) is 0 Å². The van der Waals surface area contributed by atoms with Crippen LogP contribution in [0.4, 0.5) is 0 Å². The SMILES string of the molecule is CC(C)C(NCCCC(=O)NC1CC1)c1cccs1. The Labute approximate surface area is 119 Å². The zero-order valence-electron chi connectivity index (χ0n) is 11.8. The number of hydrogen-bond donors (Lipinski definition) is 2. The molecule has 3 nitrogen and oxygen atoms in total. The average molecular weight is 280 g/mol. The van der Waals surface area contributed by atoms with Gasteiger partial charge in [-0.1, -0.05) is 19.9 Å². The van der Waals surface area contributed by atoms with Crippen LogP contribution in [0.3, 0.4) is 0 Å². The first kappa shape index (κ1) is 14.5. The first-order chi connectivity index (χ1) is 9.16. The van der Waals surface area contributed by atoms with Crippen LogP contribution in [-0.4, -0.2) is 18.5 Å². The topological polar surface area (TPSA) is 41.1 Å². The molecule has 0 bridgehead atoms. The summed E-state index contributed by atoms with van der Waals surface area (Å²) in [5.74, 6) is 0.778. The molecule has 2 N–H and O–H groups in total. The second kappa shape index (κ2) is 7.06. The summed E-state index contributed by atoms with van der Waals surface area (Å²) >= 11 is 1.80. The first-order valence-corrected chi connectivity index (χ1v) is 8.11. The third-order valence-electron chi connectivity index (χ3n) is 3.40. The zero-order valence-corrected chi connectivity index (χ0v) is 12.6. The van der Waals surface area contributed by atoms with Gasteiger partial charge in [0, 0.05) is 23.4 Å². The maximum atomic E-state index is 11.6. The Hall–Kier alpha value is -0.870. The fraction of sp³-hybridized carbons (Fsp3) is 0.667. The minimum absolute atomic E-state index is 0.210. The van der Waals surface area contributed by atoms with Crippen LogP contribution in [0.1, 0.15) is 50.4 Å². The molecule has 1 unspecified atom stereocenters. The summed E-state index contributed by atoms with van der Waals surface area (Å²) in [6, 6.07) is 5.17. The van der Waals surface area contributed by atoms with E-state index in [2.05, 4.69) is 42.0 Å². The molecule has 4 heteroatoms. The number of rotatable bonds is 8. The Morgan fingerprint density at radius 2 is 2.26 bits per heavy atom. The van der Waals surface area contributed by atoms with E-state index in [1.165, 1.54) is 4.88 Å². The van der Waals surface area contributed by atoms with Crippen LogP contribution in [0.15, 0.2) is 17.5 Å². The summed E-state index contributed by atoms with van der Waals surface area (Å²) in [5.41, 5.74) is 0. The van der Waals surface area contributed by atoms with E-state index in [1.807, 2.05) is 0 Å². The normalized spacial score (nSPS) is 16.6. The van der Waals surface area contributed by atoms with E-state index < -0.39 is 0 Å². The van der Waals surface area contributed by atoms with Crippen LogP contribution >= 0.6 is 11.3 Å². The molecule has 1 aromatic rings. The lowest BCUT2D eigenvalue weighted by Crippen LogP contribution is -2.29. The van der Waals surface area contributed by atoms with Crippen molar-refractivity contribution in [3.63, 3.8) is 0 Å². The number of nitrogens with one attached hydrogen (secondary N) is 2. The molecule has 0 saturated heterocycles. The summed E-state index contributed by atoms with van der Waals surface area (Å²) in [7, 11) is 0. The summed E-state index contributed by atoms with van der Waals surface area (Å²) < 4.78 is 0. The van der Waals surface area contributed by atoms with Crippen molar-refractivity contribution in [2.75, 3.05) is 6.54 Å². The standard InChI is InChI=1S/C15H24N2OS/c1-11(2)15(13-5-4-10-19-13)16-9-3-6-14(18)17-12-7-8-12/h4-5,10-12,15-16H,3,6-9H2,1-2H3,(H,17,18). The smallest absolute Gasteiger partial charge is 0.220 e. The monoisotopic (exact) mass is 280 g/mol. The van der Waals surface area contributed by atoms with Crippen molar-refractivity contribution < 1.29 is 4.79 Å². The Bertz CT molecular complexity index is 385. The van der Waals surface area contributed by atoms with Crippen LogP contribution in [0, 0.1) is 5.92 Å². The van der Waals surface area contributed by atoms with Gasteiger partial charge in [0.1, 0.15) is 0 Å². The van der Waals surface area contributed by atoms with Crippen LogP contribution < -0.4 is 10.6 Å². The Morgan fingerprint density at radius 3 is 2.84 bits per heavy atom. The van der Waals surface area contributed by atoms with Gasteiger partial charge in [0.25, 0.3) is 0 Å². The molecule has 1 aliphatic rings. The van der Waals surface area contributed by atoms with E-state index in [0.29, 0.717) is 24.4 Å². The molecule has 0 aliphatic heterocycles. The fourth-order valence-electron chi connectivity index (χ4n) is 2.17. The maximum absolute atomic E-state index is 11.6. The Kier molecular flexibility index (Phi) is 5.40. The van der Waals surface area contributed by atoms with Gasteiger partial charge in [0.2, 0.25) is 5.91 Å². The van der Waals surface area contributed by atoms with E-state index in [4.69, 9.17) is 0 Å². The molecule has 106 valence electrons. The molecule has 0 radical (unpaired) electrons. The van der Waals surface area contributed by atoms with Crippen LogP contribution in [0.5, 0.6) is 0 Å². The summed E-state index contributed by atoms with van der Waals surface area (Å²) in [6.07, 6.45) is 3.88. The molecule has 2 rings (SSSR count). The maximum Gasteiger partial charge on any atom is 0.220 e. The minimum Gasteiger partial charge on any atom is -0.353 e. The second-order valence-electron chi connectivity index (χ2n) is 5.64. The van der Waals surface area contributed by atoms with E-state index >= 15 is 0 Å². The lowest BCUT2D eigenvalue weighted by molar-refractivity contribution is -0.121. The summed E-state index contributed by atoms with van der Waals surface area (Å²) in [5, 5.41) is 8.72. The molecule has 1 saturated carbocycles. The molecule has 1 amide bonds. The highest BCUT2D eigenvalue weighted by molar-refractivity contribution is 7.10. The van der Waals surface area contributed by atoms with Crippen molar-refractivity contribution in [3.8, 4) is 0 Å². The zero-order chi connectivity index (χ0) is 13.7. The highest BCUT2D eigenvalue weighted by Crippen LogP contribution is 2.25. The van der Waals surface area contributed by atoms with Crippen molar-refractivity contribution in [2.24, 2.45) is 5.92 Å². The molecule has 1 fully saturated rings. The number of carbonyl (C=O) groups is 1. The van der Waals surface area contributed by atoms with Crippen molar-refractivity contribution in [2.45, 2.75) is 51.6 Å². The number of hydrogen-bond acceptors (Lipinski definition) is 3. The highest BCUT2D eigenvalue weighted by atomic mass is 32.1. The van der Waals surface area contributed by atoms with Gasteiger partial charge in [-0.15, -0.1) is 11.3 Å². The van der Waals surface area contributed by atoms with Crippen molar-refractivity contribution in [1.82, 2.24) is 10.6 Å². The molecule has 0 spiro atoms. The minimum atomic E-state index is 0.210. The quantitative estimate of drug-likeness (QED) is 0.718. The molecule has 19 heavy (non-hydrogen) atoms. The summed E-state index contributed by atoms with van der Waals surface area (Å²) in [6.45, 7) is 5.37. The van der Waals surface area contributed by atoms with E-state index in [-0.39, 0.29) is 5.91 Å². The average Bonchev–Trinajstić information content (AvgIpc) is 3.01. The lowest BCUT2D eigenvalue weighted by atomic mass is 10.0. The predicted molar refractivity (Wildman–Crippen MR) is 80.3 cm³/mol. The van der Waals surface area contributed by atoms with Gasteiger partial charge in [-0.25, -0.2) is 0 Å². The van der Waals surface area contributed by atoms with E-state index in [9.17, 15) is 4.79 Å². The molecule has 1 aromatic heterocycles. The molecule has 0 aromatic carbocycles. The Morgan fingerprint density at radius 1 is 1.47 bits per heavy atom. The van der Waals surface area contributed by atoms with Gasteiger partial charge in [-0.05, 0) is 43.2 Å². The van der Waals surface area contributed by atoms with Gasteiger partial charge < -0.3 is 10.6 Å². The third kappa shape index (κ3) is 4.96. The molecule has 1 heterocycles. The van der Waals surface area contributed by atoms with Crippen LogP contribution in [0.2, 0.25) is 0 Å². The van der Waals surface area contributed by atoms with Gasteiger partial charge in [0.15, 0.2) is 0 Å². The molecule has 1 aliphatic carbocycles. The summed E-state index contributed by atoms with van der Waals surface area (Å²) in [4.78, 5) is 13.0. The van der Waals surface area contributed by atoms with Crippen molar-refractivity contribution in [3.05, 3.63) is 22.4 Å². The number of carbonyl (C=O) groups excluding carboxylic acids is 1. The van der Waals surface area contributed by atoms with E-state index in [1.54, 1.807) is 11.3 Å². The molecule has 1 atom stereocenters. The van der Waals surface area contributed by atoms with Crippen molar-refractivity contribution in [1.29, 1.82) is 0 Å². The van der Waals surface area contributed by atoms with Crippen LogP contribution in [0.25, 0.3) is 0 Å². The van der Waals surface area contributed by atoms with E-state index in [0.717, 1.165) is 25.8 Å². The molecular formula is C15H24N2OS. The van der Waals surface area contributed by atoms with Crippen LogP contribution in [-0.2, 0) is 4.79 Å². The third-order valence-corrected chi connectivity index (χ3v) is 4.36. The molecular weight excluding hydrogens is 256 g/mol. The highest BCUT2D eigenvalue weighted by Gasteiger charge is 2.22. The fourth-order valence-corrected chi connectivity index (χ4v) is 3.14. The second-order valence-corrected chi connectivity index (χ2v) is 6.62. The van der Waals surface area contributed by atoms with Gasteiger partial charge in [0.05, 0.1) is 0 Å². The first-order valence-electron chi connectivity index (χ1n) is 7.23. The lowest BCUT2D eigenvalue weighted by Gasteiger charge is -2.21. The predicted octanol–water partition coefficient (Wildman–Crippen LogP) is 3.09. The largest absolute Gasteiger partial charge is 0.353 e. The van der Waals surface area contributed by atoms with Crippen molar-refractivity contribution >= 4 is 17.2 Å². The number of thiophene rings is 1. The Balaban J connectivity index is 1.66. The van der Waals surface area contributed by atoms with Gasteiger partial charge in [-0.3, -0.25) is 4.79 Å². The van der Waals surface area contributed by atoms with Gasteiger partial charge >= 0.3 is 0 Å². The number of amides is 1.